The third-order valence-corrected chi connectivity index (χ3v) is 0.828. The van der Waals surface area contributed by atoms with E-state index in [9.17, 15) is 4.79 Å². The van der Waals surface area contributed by atoms with Crippen molar-refractivity contribution >= 4 is 5.97 Å². The van der Waals surface area contributed by atoms with E-state index in [1.54, 1.807) is 6.92 Å². The van der Waals surface area contributed by atoms with Crippen LogP contribution in [0.3, 0.4) is 0 Å². The number of hydrogen-bond acceptors (Lipinski definition) is 4. The van der Waals surface area contributed by atoms with Gasteiger partial charge in [0.2, 0.25) is 0 Å². The number of esters is 1. The molecule has 0 aromatic rings. The molecule has 1 unspecified atom stereocenters. The normalized spacial score (nSPS) is 12.2. The Morgan fingerprint density at radius 2 is 2.40 bits per heavy atom. The minimum absolute atomic E-state index is 0.153. The fraction of sp³-hybridized carbons (Fsp3) is 0.500. The molecule has 3 N–H and O–H groups in total. The van der Waals surface area contributed by atoms with Crippen LogP contribution in [0.25, 0.3) is 0 Å². The molecule has 0 fully saturated rings. The van der Waals surface area contributed by atoms with E-state index in [1.807, 2.05) is 0 Å². The van der Waals surface area contributed by atoms with Gasteiger partial charge in [0.25, 0.3) is 0 Å². The number of rotatable bonds is 3. The van der Waals surface area contributed by atoms with Gasteiger partial charge in [-0.15, -0.1) is 0 Å². The number of carbonyl (C=O) groups excluding carboxylic acids is 1. The van der Waals surface area contributed by atoms with Gasteiger partial charge in [-0.1, -0.05) is 6.58 Å². The summed E-state index contributed by atoms with van der Waals surface area (Å²) in [5, 5.41) is 8.42. The summed E-state index contributed by atoms with van der Waals surface area (Å²) in [6.07, 6.45) is -0.521. The quantitative estimate of drug-likeness (QED) is 0.410. The van der Waals surface area contributed by atoms with E-state index < -0.39 is 12.1 Å². The van der Waals surface area contributed by atoms with Gasteiger partial charge in [0.1, 0.15) is 11.8 Å². The Bertz CT molecular complexity index is 144. The molecule has 10 heavy (non-hydrogen) atoms. The van der Waals surface area contributed by atoms with Crippen LogP contribution in [-0.4, -0.2) is 23.8 Å². The molecule has 0 saturated heterocycles. The Kier molecular flexibility index (Phi) is 3.49. The van der Waals surface area contributed by atoms with Gasteiger partial charge in [-0.2, -0.15) is 0 Å². The summed E-state index contributed by atoms with van der Waals surface area (Å²) in [4.78, 5) is 10.6. The fourth-order valence-electron chi connectivity index (χ4n) is 0.296. The summed E-state index contributed by atoms with van der Waals surface area (Å²) in [6, 6.07) is 0. The second-order valence-corrected chi connectivity index (χ2v) is 1.92. The first-order valence-corrected chi connectivity index (χ1v) is 2.84. The molecular weight excluding hydrogens is 134 g/mol. The lowest BCUT2D eigenvalue weighted by Crippen LogP contribution is -2.22. The van der Waals surface area contributed by atoms with E-state index in [4.69, 9.17) is 10.8 Å². The SMILES string of the molecule is C=C(N)C(=O)OC(C)CO. The Labute approximate surface area is 59.3 Å². The van der Waals surface area contributed by atoms with E-state index in [0.717, 1.165) is 0 Å². The number of nitrogens with two attached hydrogens (primary N) is 1. The van der Waals surface area contributed by atoms with E-state index in [0.29, 0.717) is 0 Å². The van der Waals surface area contributed by atoms with Gasteiger partial charge in [0.15, 0.2) is 0 Å². The molecular formula is C6H11NO3. The molecule has 0 aliphatic carbocycles. The van der Waals surface area contributed by atoms with Crippen LogP contribution in [0.1, 0.15) is 6.92 Å². The molecule has 0 bridgehead atoms. The fourth-order valence-corrected chi connectivity index (χ4v) is 0.296. The Hall–Kier alpha value is -1.03. The van der Waals surface area contributed by atoms with E-state index in [2.05, 4.69) is 11.3 Å². The van der Waals surface area contributed by atoms with Crippen molar-refractivity contribution < 1.29 is 14.6 Å². The molecule has 0 rings (SSSR count). The van der Waals surface area contributed by atoms with Crippen LogP contribution < -0.4 is 5.73 Å². The maximum Gasteiger partial charge on any atom is 0.353 e. The van der Waals surface area contributed by atoms with Gasteiger partial charge in [-0.3, -0.25) is 0 Å². The molecule has 0 aromatic heterocycles. The number of aliphatic hydroxyl groups excluding tert-OH is 1. The maximum atomic E-state index is 10.6. The van der Waals surface area contributed by atoms with E-state index in [-0.39, 0.29) is 12.3 Å². The summed E-state index contributed by atoms with van der Waals surface area (Å²) in [6.45, 7) is 4.51. The highest BCUT2D eigenvalue weighted by atomic mass is 16.6. The first-order chi connectivity index (χ1) is 4.57. The van der Waals surface area contributed by atoms with Gasteiger partial charge in [0, 0.05) is 0 Å². The molecule has 58 valence electrons. The molecule has 1 atom stereocenters. The lowest BCUT2D eigenvalue weighted by atomic mass is 10.4. The Morgan fingerprint density at radius 3 is 2.70 bits per heavy atom. The standard InChI is InChI=1S/C6H11NO3/c1-4(3-8)10-6(9)5(2)7/h4,8H,2-3,7H2,1H3. The average molecular weight is 145 g/mol. The summed E-state index contributed by atoms with van der Waals surface area (Å²) in [5.74, 6) is -0.679. The van der Waals surface area contributed by atoms with Crippen LogP contribution in [0, 0.1) is 0 Å². The Balaban J connectivity index is 3.68. The maximum absolute atomic E-state index is 10.6. The monoisotopic (exact) mass is 145 g/mol. The summed E-state index contributed by atoms with van der Waals surface area (Å²) in [7, 11) is 0. The van der Waals surface area contributed by atoms with Crippen molar-refractivity contribution in [3.63, 3.8) is 0 Å². The van der Waals surface area contributed by atoms with Gasteiger partial charge in [-0.05, 0) is 6.92 Å². The molecule has 4 nitrogen and oxygen atoms in total. The van der Waals surface area contributed by atoms with Crippen molar-refractivity contribution in [2.45, 2.75) is 13.0 Å². The van der Waals surface area contributed by atoms with Crippen molar-refractivity contribution in [2.24, 2.45) is 5.73 Å². The van der Waals surface area contributed by atoms with Crippen LogP contribution in [0.15, 0.2) is 12.3 Å². The van der Waals surface area contributed by atoms with Crippen molar-refractivity contribution in [3.05, 3.63) is 12.3 Å². The number of hydrogen-bond donors (Lipinski definition) is 2. The highest BCUT2D eigenvalue weighted by molar-refractivity contribution is 5.86. The van der Waals surface area contributed by atoms with E-state index in [1.165, 1.54) is 0 Å². The number of aliphatic hydroxyl groups is 1. The first-order valence-electron chi connectivity index (χ1n) is 2.84. The molecule has 0 spiro atoms. The summed E-state index contributed by atoms with van der Waals surface area (Å²) in [5.41, 5.74) is 4.84. The zero-order chi connectivity index (χ0) is 8.15. The van der Waals surface area contributed by atoms with Crippen molar-refractivity contribution in [1.29, 1.82) is 0 Å². The second-order valence-electron chi connectivity index (χ2n) is 1.92. The van der Waals surface area contributed by atoms with Crippen molar-refractivity contribution in [1.82, 2.24) is 0 Å². The third kappa shape index (κ3) is 3.09. The molecule has 0 amide bonds. The predicted octanol–water partition coefficient (Wildman–Crippen LogP) is -0.617. The van der Waals surface area contributed by atoms with Gasteiger partial charge < -0.3 is 15.6 Å². The van der Waals surface area contributed by atoms with Gasteiger partial charge >= 0.3 is 5.97 Å². The highest BCUT2D eigenvalue weighted by Crippen LogP contribution is 1.92. The van der Waals surface area contributed by atoms with Crippen LogP contribution in [-0.2, 0) is 9.53 Å². The van der Waals surface area contributed by atoms with Crippen LogP contribution >= 0.6 is 0 Å². The predicted molar refractivity (Wildman–Crippen MR) is 36.0 cm³/mol. The van der Waals surface area contributed by atoms with Crippen LogP contribution in [0.2, 0.25) is 0 Å². The smallest absolute Gasteiger partial charge is 0.353 e. The lowest BCUT2D eigenvalue weighted by molar-refractivity contribution is -0.145. The molecule has 0 saturated carbocycles. The summed E-state index contributed by atoms with van der Waals surface area (Å²) >= 11 is 0. The lowest BCUT2D eigenvalue weighted by Gasteiger charge is -2.08. The highest BCUT2D eigenvalue weighted by Gasteiger charge is 2.08. The minimum Gasteiger partial charge on any atom is -0.456 e. The number of ether oxygens (including phenoxy) is 1. The van der Waals surface area contributed by atoms with Crippen LogP contribution in [0.5, 0.6) is 0 Å². The van der Waals surface area contributed by atoms with E-state index >= 15 is 0 Å². The molecule has 0 radical (unpaired) electrons. The topological polar surface area (TPSA) is 72.6 Å². The van der Waals surface area contributed by atoms with Gasteiger partial charge in [-0.25, -0.2) is 4.79 Å². The molecule has 0 aliphatic heterocycles. The van der Waals surface area contributed by atoms with Gasteiger partial charge in [0.05, 0.1) is 6.61 Å². The number of carbonyl (C=O) groups is 1. The molecule has 0 heterocycles. The molecule has 0 aromatic carbocycles. The largest absolute Gasteiger partial charge is 0.456 e. The third-order valence-electron chi connectivity index (χ3n) is 0.828. The van der Waals surface area contributed by atoms with Crippen molar-refractivity contribution in [2.75, 3.05) is 6.61 Å². The van der Waals surface area contributed by atoms with Crippen molar-refractivity contribution in [3.8, 4) is 0 Å². The van der Waals surface area contributed by atoms with Crippen LogP contribution in [0.4, 0.5) is 0 Å². The second kappa shape index (κ2) is 3.90. The zero-order valence-electron chi connectivity index (χ0n) is 5.83. The first kappa shape index (κ1) is 8.97. The molecule has 4 heteroatoms. The summed E-state index contributed by atoms with van der Waals surface area (Å²) < 4.78 is 4.55. The Morgan fingerprint density at radius 1 is 1.90 bits per heavy atom. The zero-order valence-corrected chi connectivity index (χ0v) is 5.83. The molecule has 0 aliphatic rings. The minimum atomic E-state index is -0.679. The average Bonchev–Trinajstić information content (AvgIpc) is 1.87.